The Kier molecular flexibility index (Phi) is 13.4. The highest BCUT2D eigenvalue weighted by Crippen LogP contribution is 2.45. The van der Waals surface area contributed by atoms with E-state index in [0.717, 1.165) is 36.2 Å². The molecule has 5 fully saturated rings. The highest BCUT2D eigenvalue weighted by molar-refractivity contribution is 6.26. The molecule has 3 N–H and O–H groups in total. The Morgan fingerprint density at radius 2 is 1.76 bits per heavy atom. The van der Waals surface area contributed by atoms with Crippen LogP contribution in [0, 0.1) is 24.0 Å². The average Bonchev–Trinajstić information content (AvgIpc) is 4.17. The molecular formula is C56H56F2N10O8. The largest absolute Gasteiger partial charge is 0.461 e. The SMILES string of the molecule is C#Cc1c(F)ccc2cccc(-c3ncc4c(N5CC6CCC(C5)N6)nc(OCC56CCC(COC(=O)N(C)CCCCCC(=O)Nc7cccc8c7C(=O)N(C7CCC(=O)NC7=O)C8=O)N5CC(=C)C6)nc4c3F)c12. The number of pyridine rings is 1. The number of carbonyl (C=O) groups is 6. The molecule has 0 aliphatic carbocycles. The zero-order valence-electron chi connectivity index (χ0n) is 42.0. The van der Waals surface area contributed by atoms with Crippen LogP contribution < -0.4 is 25.6 Å². The van der Waals surface area contributed by atoms with Crippen LogP contribution in [0.2, 0.25) is 0 Å². The lowest BCUT2D eigenvalue weighted by atomic mass is 9.94. The predicted octanol–water partition coefficient (Wildman–Crippen LogP) is 6.26. The van der Waals surface area contributed by atoms with Gasteiger partial charge in [0.1, 0.15) is 42.1 Å². The minimum Gasteiger partial charge on any atom is -0.461 e. The van der Waals surface area contributed by atoms with Crippen LogP contribution in [0.1, 0.15) is 96.9 Å². The molecule has 11 rings (SSSR count). The predicted molar refractivity (Wildman–Crippen MR) is 276 cm³/mol. The molecule has 392 valence electrons. The molecule has 5 atom stereocenters. The number of benzene rings is 3. The number of piperidine rings is 1. The molecule has 5 unspecified atom stereocenters. The molecule has 2 aromatic heterocycles. The molecule has 2 bridgehead atoms. The highest BCUT2D eigenvalue weighted by atomic mass is 19.1. The number of halogens is 2. The van der Waals surface area contributed by atoms with E-state index >= 15 is 8.78 Å². The molecule has 0 radical (unpaired) electrons. The van der Waals surface area contributed by atoms with Gasteiger partial charge in [-0.2, -0.15) is 9.97 Å². The molecule has 3 aromatic carbocycles. The molecular weight excluding hydrogens is 979 g/mol. The van der Waals surface area contributed by atoms with E-state index in [1.165, 1.54) is 23.1 Å². The minimum absolute atomic E-state index is 0.00428. The molecule has 5 aromatic rings. The van der Waals surface area contributed by atoms with E-state index in [0.29, 0.717) is 79.4 Å². The minimum atomic E-state index is -1.12. The quantitative estimate of drug-likeness (QED) is 0.0458. The number of terminal acetylenes is 1. The summed E-state index contributed by atoms with van der Waals surface area (Å²) in [4.78, 5) is 98.2. The summed E-state index contributed by atoms with van der Waals surface area (Å²) in [5, 5.41) is 10.0. The van der Waals surface area contributed by atoms with Gasteiger partial charge in [-0.1, -0.05) is 54.8 Å². The Balaban J connectivity index is 0.706. The van der Waals surface area contributed by atoms with Crippen molar-refractivity contribution < 1.29 is 47.0 Å². The highest BCUT2D eigenvalue weighted by Gasteiger charge is 2.52. The molecule has 18 nitrogen and oxygen atoms in total. The van der Waals surface area contributed by atoms with Gasteiger partial charge in [-0.25, -0.2) is 13.6 Å². The van der Waals surface area contributed by atoms with Gasteiger partial charge in [0.15, 0.2) is 5.82 Å². The molecule has 20 heteroatoms. The summed E-state index contributed by atoms with van der Waals surface area (Å²) in [6.45, 7) is 6.93. The number of nitrogens with one attached hydrogen (secondary N) is 3. The van der Waals surface area contributed by atoms with Crippen LogP contribution >= 0.6 is 0 Å². The molecule has 8 heterocycles. The molecule has 0 spiro atoms. The second-order valence-electron chi connectivity index (χ2n) is 20.8. The number of ether oxygens (including phenoxy) is 2. The number of imide groups is 2. The smallest absolute Gasteiger partial charge is 0.409 e. The van der Waals surface area contributed by atoms with Crippen LogP contribution in [0.3, 0.4) is 0 Å². The van der Waals surface area contributed by atoms with Crippen molar-refractivity contribution in [2.75, 3.05) is 56.7 Å². The van der Waals surface area contributed by atoms with E-state index in [4.69, 9.17) is 25.9 Å². The summed E-state index contributed by atoms with van der Waals surface area (Å²) in [6.07, 6.45) is 12.8. The number of anilines is 2. The van der Waals surface area contributed by atoms with Crippen LogP contribution in [0.15, 0.2) is 66.9 Å². The third-order valence-corrected chi connectivity index (χ3v) is 15.8. The Morgan fingerprint density at radius 1 is 0.974 bits per heavy atom. The van der Waals surface area contributed by atoms with Gasteiger partial charge < -0.3 is 29.9 Å². The first-order valence-corrected chi connectivity index (χ1v) is 25.8. The van der Waals surface area contributed by atoms with E-state index < -0.39 is 52.9 Å². The number of piperazine rings is 1. The van der Waals surface area contributed by atoms with Crippen LogP contribution in [0.25, 0.3) is 32.9 Å². The molecule has 6 aliphatic rings. The van der Waals surface area contributed by atoms with Gasteiger partial charge in [0.05, 0.1) is 33.3 Å². The number of fused-ring (bicyclic) bond motifs is 6. The van der Waals surface area contributed by atoms with E-state index in [-0.39, 0.29) is 96.1 Å². The van der Waals surface area contributed by atoms with Gasteiger partial charge in [-0.05, 0) is 75.0 Å². The molecule has 5 saturated heterocycles. The van der Waals surface area contributed by atoms with E-state index in [1.54, 1.807) is 43.6 Å². The van der Waals surface area contributed by atoms with E-state index in [2.05, 4.69) is 43.2 Å². The standard InChI is InChI=1S/C56H56F2N10O8/c1-4-36-40(57)18-15-32-10-8-11-37(45(32)36)48-47(58)49-39(25-59-48)50(66-27-33-16-17-34(28-66)60-33)64-54(63-49)76-30-56-22-21-35(67(56)26-31(2)24-56)29-75-55(74)65(3)23-7-5-6-14-43(69)61-41-13-9-12-38-46(41)53(73)68(52(38)72)42-19-20-44(70)62-51(42)71/h1,8-13,15,18,25,33-35,42,60H,2,5-7,14,16-17,19-24,26-30H2,3H3,(H,61,69)(H,62,70,71). The second-order valence-corrected chi connectivity index (χ2v) is 20.8. The Labute approximate surface area is 436 Å². The third kappa shape index (κ3) is 9.25. The Bertz CT molecular complexity index is 3320. The van der Waals surface area contributed by atoms with Gasteiger partial charge in [0.25, 0.3) is 11.8 Å². The number of nitrogens with zero attached hydrogens (tertiary/aromatic N) is 7. The van der Waals surface area contributed by atoms with Crippen molar-refractivity contribution in [3.63, 3.8) is 0 Å². The van der Waals surface area contributed by atoms with Gasteiger partial charge in [0.2, 0.25) is 17.7 Å². The molecule has 0 saturated carbocycles. The van der Waals surface area contributed by atoms with Crippen molar-refractivity contribution in [3.05, 3.63) is 95.2 Å². The lowest BCUT2D eigenvalue weighted by molar-refractivity contribution is -0.136. The summed E-state index contributed by atoms with van der Waals surface area (Å²) >= 11 is 0. The van der Waals surface area contributed by atoms with Crippen molar-refractivity contribution in [1.82, 2.24) is 40.3 Å². The Hall–Kier alpha value is -7.89. The maximum absolute atomic E-state index is 17.2. The zero-order chi connectivity index (χ0) is 53.0. The first-order valence-electron chi connectivity index (χ1n) is 25.8. The van der Waals surface area contributed by atoms with E-state index in [1.807, 2.05) is 0 Å². The number of aromatic nitrogens is 3. The van der Waals surface area contributed by atoms with Crippen molar-refractivity contribution >= 4 is 68.8 Å². The Morgan fingerprint density at radius 3 is 2.55 bits per heavy atom. The van der Waals surface area contributed by atoms with Gasteiger partial charge >= 0.3 is 12.1 Å². The number of hydrogen-bond acceptors (Lipinski definition) is 14. The number of unbranched alkanes of at least 4 members (excludes halogenated alkanes) is 2. The van der Waals surface area contributed by atoms with Crippen LogP contribution in [0.4, 0.5) is 25.1 Å². The second kappa shape index (κ2) is 20.3. The number of amides is 6. The average molecular weight is 1040 g/mol. The summed E-state index contributed by atoms with van der Waals surface area (Å²) in [7, 11) is 1.66. The molecule has 6 aliphatic heterocycles. The van der Waals surface area contributed by atoms with Crippen molar-refractivity contribution in [2.45, 2.75) is 100 Å². The monoisotopic (exact) mass is 1030 g/mol. The van der Waals surface area contributed by atoms with E-state index in [9.17, 15) is 28.8 Å². The fraction of sp³-hybridized carbons (Fsp3) is 0.411. The van der Waals surface area contributed by atoms with Gasteiger partial charge in [-0.15, -0.1) is 6.42 Å². The van der Waals surface area contributed by atoms with Crippen molar-refractivity contribution in [2.24, 2.45) is 0 Å². The normalized spacial score (nSPS) is 23.0. The van der Waals surface area contributed by atoms with Crippen LogP contribution in [-0.4, -0.2) is 141 Å². The number of carbonyl (C=O) groups excluding carboxylic acids is 6. The fourth-order valence-corrected chi connectivity index (χ4v) is 12.1. The van der Waals surface area contributed by atoms with Crippen molar-refractivity contribution in [3.8, 4) is 29.6 Å². The van der Waals surface area contributed by atoms with Gasteiger partial charge in [-0.3, -0.25) is 44.1 Å². The number of hydrogen-bond donors (Lipinski definition) is 3. The maximum Gasteiger partial charge on any atom is 0.409 e. The van der Waals surface area contributed by atoms with Gasteiger partial charge in [0, 0.05) is 81.3 Å². The summed E-state index contributed by atoms with van der Waals surface area (Å²) in [5.41, 5.74) is 1.11. The lowest BCUT2D eigenvalue weighted by Gasteiger charge is -2.35. The molecule has 76 heavy (non-hydrogen) atoms. The first-order chi connectivity index (χ1) is 36.7. The maximum atomic E-state index is 17.2. The summed E-state index contributed by atoms with van der Waals surface area (Å²) < 4.78 is 44.7. The topological polar surface area (TPSA) is 209 Å². The van der Waals surface area contributed by atoms with Crippen molar-refractivity contribution in [1.29, 1.82) is 0 Å². The summed E-state index contributed by atoms with van der Waals surface area (Å²) in [6, 6.07) is 11.9. The third-order valence-electron chi connectivity index (χ3n) is 15.8. The summed E-state index contributed by atoms with van der Waals surface area (Å²) in [5.74, 6) is -1.25. The number of rotatable bonds is 15. The first kappa shape index (κ1) is 50.3. The van der Waals surface area contributed by atoms with Crippen LogP contribution in [0.5, 0.6) is 6.01 Å². The fourth-order valence-electron chi connectivity index (χ4n) is 12.1. The lowest BCUT2D eigenvalue weighted by Crippen LogP contribution is -2.54. The van der Waals surface area contributed by atoms with Crippen LogP contribution in [-0.2, 0) is 19.1 Å². The zero-order valence-corrected chi connectivity index (χ0v) is 42.0. The molecule has 6 amide bonds.